The van der Waals surface area contributed by atoms with Crippen LogP contribution in [0.1, 0.15) is 10.4 Å². The average Bonchev–Trinajstić information content (AvgIpc) is 2.49. The predicted octanol–water partition coefficient (Wildman–Crippen LogP) is 3.67. The van der Waals surface area contributed by atoms with E-state index in [1.165, 1.54) is 22.5 Å². The third-order valence-corrected chi connectivity index (χ3v) is 4.28. The summed E-state index contributed by atoms with van der Waals surface area (Å²) in [6.07, 6.45) is 0. The van der Waals surface area contributed by atoms with Crippen molar-refractivity contribution < 1.29 is 4.79 Å². The first kappa shape index (κ1) is 13.5. The molecule has 0 aliphatic heterocycles. The molecule has 4 N–H and O–H groups in total. The number of carbonyl (C=O) groups is 1. The Bertz CT molecular complexity index is 830. The number of benzene rings is 3. The maximum Gasteiger partial charge on any atom is 0.249 e. The van der Waals surface area contributed by atoms with Gasteiger partial charge in [0.2, 0.25) is 5.91 Å². The summed E-state index contributed by atoms with van der Waals surface area (Å²) >= 11 is 1.51. The molecular formula is C17H14N2OS. The standard InChI is InChI=1S/C17H14N2OS/c18-13-6-8-16(15(10-13)17(19)20)21-14-7-5-11-3-1-2-4-12(11)9-14/h1-10H,18H2,(H2,19,20). The number of primary amides is 1. The lowest BCUT2D eigenvalue weighted by atomic mass is 10.1. The van der Waals surface area contributed by atoms with Crippen molar-refractivity contribution in [2.24, 2.45) is 5.73 Å². The van der Waals surface area contributed by atoms with Gasteiger partial charge in [-0.2, -0.15) is 0 Å². The van der Waals surface area contributed by atoms with E-state index >= 15 is 0 Å². The monoisotopic (exact) mass is 294 g/mol. The van der Waals surface area contributed by atoms with Crippen LogP contribution in [0.15, 0.2) is 70.5 Å². The Morgan fingerprint density at radius 3 is 2.43 bits per heavy atom. The minimum Gasteiger partial charge on any atom is -0.399 e. The highest BCUT2D eigenvalue weighted by atomic mass is 32.2. The van der Waals surface area contributed by atoms with E-state index < -0.39 is 5.91 Å². The van der Waals surface area contributed by atoms with Crippen LogP contribution in [0.2, 0.25) is 0 Å². The van der Waals surface area contributed by atoms with Crippen LogP contribution in [0.5, 0.6) is 0 Å². The molecule has 0 unspecified atom stereocenters. The van der Waals surface area contributed by atoms with Gasteiger partial charge in [-0.1, -0.05) is 42.1 Å². The normalized spacial score (nSPS) is 10.7. The van der Waals surface area contributed by atoms with Gasteiger partial charge in [0, 0.05) is 15.5 Å². The molecule has 3 nitrogen and oxygen atoms in total. The first-order valence-electron chi connectivity index (χ1n) is 6.49. The molecule has 0 aliphatic carbocycles. The molecule has 0 heterocycles. The first-order valence-corrected chi connectivity index (χ1v) is 7.31. The molecule has 0 spiro atoms. The minimum absolute atomic E-state index is 0.452. The van der Waals surface area contributed by atoms with Crippen LogP contribution in [0, 0.1) is 0 Å². The molecule has 0 bridgehead atoms. The van der Waals surface area contributed by atoms with Crippen LogP contribution in [0.3, 0.4) is 0 Å². The van der Waals surface area contributed by atoms with Crippen molar-refractivity contribution in [2.75, 3.05) is 5.73 Å². The van der Waals surface area contributed by atoms with E-state index in [0.717, 1.165) is 9.79 Å². The molecule has 0 saturated heterocycles. The second-order valence-corrected chi connectivity index (χ2v) is 5.85. The molecule has 3 aromatic rings. The molecule has 0 fully saturated rings. The molecule has 3 rings (SSSR count). The van der Waals surface area contributed by atoms with E-state index in [0.29, 0.717) is 11.3 Å². The molecule has 0 aliphatic rings. The summed E-state index contributed by atoms with van der Waals surface area (Å²) in [5.41, 5.74) is 12.1. The summed E-state index contributed by atoms with van der Waals surface area (Å²) < 4.78 is 0. The van der Waals surface area contributed by atoms with E-state index in [2.05, 4.69) is 24.3 Å². The second kappa shape index (κ2) is 5.50. The Morgan fingerprint density at radius 1 is 0.905 bits per heavy atom. The van der Waals surface area contributed by atoms with Gasteiger partial charge >= 0.3 is 0 Å². The van der Waals surface area contributed by atoms with Gasteiger partial charge in [-0.25, -0.2) is 0 Å². The number of amides is 1. The molecule has 1 amide bonds. The molecule has 4 heteroatoms. The fraction of sp³-hybridized carbons (Fsp3) is 0. The zero-order valence-corrected chi connectivity index (χ0v) is 12.1. The van der Waals surface area contributed by atoms with Gasteiger partial charge in [-0.15, -0.1) is 0 Å². The molecule has 0 aromatic heterocycles. The Labute approximate surface area is 126 Å². The summed E-state index contributed by atoms with van der Waals surface area (Å²) in [4.78, 5) is 13.4. The number of nitrogens with two attached hydrogens (primary N) is 2. The van der Waals surface area contributed by atoms with Gasteiger partial charge in [0.1, 0.15) is 0 Å². The number of rotatable bonds is 3. The highest BCUT2D eigenvalue weighted by Gasteiger charge is 2.10. The lowest BCUT2D eigenvalue weighted by Gasteiger charge is -2.08. The van der Waals surface area contributed by atoms with Gasteiger partial charge in [0.05, 0.1) is 5.56 Å². The number of fused-ring (bicyclic) bond motifs is 1. The van der Waals surface area contributed by atoms with E-state index in [4.69, 9.17) is 11.5 Å². The van der Waals surface area contributed by atoms with Gasteiger partial charge in [-0.3, -0.25) is 4.79 Å². The maximum atomic E-state index is 11.5. The highest BCUT2D eigenvalue weighted by molar-refractivity contribution is 7.99. The van der Waals surface area contributed by atoms with Gasteiger partial charge in [-0.05, 0) is 41.1 Å². The Balaban J connectivity index is 2.00. The largest absolute Gasteiger partial charge is 0.399 e. The van der Waals surface area contributed by atoms with Gasteiger partial charge in [0.25, 0.3) is 0 Å². The van der Waals surface area contributed by atoms with Crippen LogP contribution >= 0.6 is 11.8 Å². The molecule has 0 atom stereocenters. The van der Waals surface area contributed by atoms with Gasteiger partial charge < -0.3 is 11.5 Å². The molecule has 0 saturated carbocycles. The van der Waals surface area contributed by atoms with Crippen LogP contribution in [0.25, 0.3) is 10.8 Å². The minimum atomic E-state index is -0.467. The third-order valence-electron chi connectivity index (χ3n) is 3.22. The van der Waals surface area contributed by atoms with E-state index in [9.17, 15) is 4.79 Å². The van der Waals surface area contributed by atoms with Crippen molar-refractivity contribution in [1.82, 2.24) is 0 Å². The average molecular weight is 294 g/mol. The Kier molecular flexibility index (Phi) is 3.54. The lowest BCUT2D eigenvalue weighted by Crippen LogP contribution is -2.12. The molecule has 3 aromatic carbocycles. The van der Waals surface area contributed by atoms with E-state index in [1.807, 2.05) is 24.3 Å². The van der Waals surface area contributed by atoms with Crippen molar-refractivity contribution >= 4 is 34.1 Å². The Morgan fingerprint density at radius 2 is 1.67 bits per heavy atom. The summed E-state index contributed by atoms with van der Waals surface area (Å²) in [6.45, 7) is 0. The summed E-state index contributed by atoms with van der Waals surface area (Å²) in [6, 6.07) is 19.6. The molecular weight excluding hydrogens is 280 g/mol. The van der Waals surface area contributed by atoms with E-state index in [1.54, 1.807) is 12.1 Å². The fourth-order valence-electron chi connectivity index (χ4n) is 2.19. The smallest absolute Gasteiger partial charge is 0.249 e. The van der Waals surface area contributed by atoms with Crippen molar-refractivity contribution in [2.45, 2.75) is 9.79 Å². The number of hydrogen-bond acceptors (Lipinski definition) is 3. The lowest BCUT2D eigenvalue weighted by molar-refractivity contribution is 0.0997. The van der Waals surface area contributed by atoms with Crippen molar-refractivity contribution in [3.05, 3.63) is 66.2 Å². The van der Waals surface area contributed by atoms with Crippen molar-refractivity contribution in [3.63, 3.8) is 0 Å². The van der Waals surface area contributed by atoms with Crippen LogP contribution in [-0.4, -0.2) is 5.91 Å². The van der Waals surface area contributed by atoms with Crippen molar-refractivity contribution in [3.8, 4) is 0 Å². The van der Waals surface area contributed by atoms with Crippen LogP contribution < -0.4 is 11.5 Å². The third kappa shape index (κ3) is 2.85. The summed E-state index contributed by atoms with van der Waals surface area (Å²) in [5.74, 6) is -0.467. The highest BCUT2D eigenvalue weighted by Crippen LogP contribution is 2.33. The quantitative estimate of drug-likeness (QED) is 0.724. The second-order valence-electron chi connectivity index (χ2n) is 4.73. The van der Waals surface area contributed by atoms with Crippen molar-refractivity contribution in [1.29, 1.82) is 0 Å². The van der Waals surface area contributed by atoms with Crippen LogP contribution in [0.4, 0.5) is 5.69 Å². The Hall–Kier alpha value is -2.46. The number of hydrogen-bond donors (Lipinski definition) is 2. The molecule has 104 valence electrons. The first-order chi connectivity index (χ1) is 10.1. The number of nitrogen functional groups attached to an aromatic ring is 1. The zero-order chi connectivity index (χ0) is 14.8. The number of anilines is 1. The molecule has 21 heavy (non-hydrogen) atoms. The topological polar surface area (TPSA) is 69.1 Å². The number of carbonyl (C=O) groups excluding carboxylic acids is 1. The summed E-state index contributed by atoms with van der Waals surface area (Å²) in [7, 11) is 0. The maximum absolute atomic E-state index is 11.5. The van der Waals surface area contributed by atoms with Gasteiger partial charge in [0.15, 0.2) is 0 Å². The van der Waals surface area contributed by atoms with Crippen LogP contribution in [-0.2, 0) is 0 Å². The fourth-order valence-corrected chi connectivity index (χ4v) is 3.17. The summed E-state index contributed by atoms with van der Waals surface area (Å²) in [5, 5.41) is 2.35. The predicted molar refractivity (Wildman–Crippen MR) is 87.4 cm³/mol. The van der Waals surface area contributed by atoms with E-state index in [-0.39, 0.29) is 0 Å². The SMILES string of the molecule is NC(=O)c1cc(N)ccc1Sc1ccc2ccccc2c1. The molecule has 0 radical (unpaired) electrons. The zero-order valence-electron chi connectivity index (χ0n) is 11.2.